The van der Waals surface area contributed by atoms with E-state index < -0.39 is 0 Å². The Hall–Kier alpha value is -1.77. The topological polar surface area (TPSA) is 33.5 Å². The van der Waals surface area contributed by atoms with Crippen molar-refractivity contribution < 1.29 is 9.21 Å². The number of likely N-dealkylation sites (tertiary alicyclic amines) is 1. The van der Waals surface area contributed by atoms with E-state index in [1.807, 2.05) is 17.0 Å². The summed E-state index contributed by atoms with van der Waals surface area (Å²) in [5.41, 5.74) is 3.07. The summed E-state index contributed by atoms with van der Waals surface area (Å²) < 4.78 is 5.52. The lowest BCUT2D eigenvalue weighted by Crippen LogP contribution is -2.36. The second-order valence-corrected chi connectivity index (χ2v) is 5.38. The monoisotopic (exact) mass is 257 g/mol. The third-order valence-corrected chi connectivity index (χ3v) is 3.86. The number of furan rings is 1. The van der Waals surface area contributed by atoms with Crippen LogP contribution in [0.5, 0.6) is 0 Å². The largest absolute Gasteiger partial charge is 0.464 e. The Kier molecular flexibility index (Phi) is 3.28. The zero-order valence-electron chi connectivity index (χ0n) is 11.3. The number of nitrogens with zero attached hydrogens (tertiary/aromatic N) is 1. The van der Waals surface area contributed by atoms with Crippen LogP contribution < -0.4 is 0 Å². The van der Waals surface area contributed by atoms with Gasteiger partial charge >= 0.3 is 0 Å². The van der Waals surface area contributed by atoms with Crippen molar-refractivity contribution in [2.75, 3.05) is 13.1 Å². The molecule has 0 radical (unpaired) electrons. The van der Waals surface area contributed by atoms with Crippen molar-refractivity contribution in [3.05, 3.63) is 35.6 Å². The molecular formula is C16H19NO2. The Labute approximate surface area is 113 Å². The van der Waals surface area contributed by atoms with Gasteiger partial charge in [0.15, 0.2) is 0 Å². The number of hydrogen-bond acceptors (Lipinski definition) is 2. The Bertz CT molecular complexity index is 594. The van der Waals surface area contributed by atoms with E-state index in [1.165, 1.54) is 12.0 Å². The van der Waals surface area contributed by atoms with E-state index in [0.717, 1.165) is 42.5 Å². The predicted molar refractivity (Wildman–Crippen MR) is 75.1 cm³/mol. The van der Waals surface area contributed by atoms with Gasteiger partial charge in [-0.15, -0.1) is 0 Å². The van der Waals surface area contributed by atoms with E-state index >= 15 is 0 Å². The van der Waals surface area contributed by atoms with Crippen LogP contribution in [0.1, 0.15) is 30.4 Å². The first-order valence-corrected chi connectivity index (χ1v) is 6.98. The van der Waals surface area contributed by atoms with Crippen molar-refractivity contribution in [2.24, 2.45) is 0 Å². The fraction of sp³-hybridized carbons (Fsp3) is 0.438. The van der Waals surface area contributed by atoms with E-state index in [4.69, 9.17) is 4.42 Å². The molecule has 1 aromatic carbocycles. The van der Waals surface area contributed by atoms with Crippen LogP contribution in [0.3, 0.4) is 0 Å². The molecule has 0 saturated carbocycles. The molecule has 3 rings (SSSR count). The molecule has 0 N–H and O–H groups in total. The number of carbonyl (C=O) groups excluding carboxylic acids is 1. The number of piperidine rings is 1. The number of fused-ring (bicyclic) bond motifs is 1. The molecule has 2 aromatic rings. The van der Waals surface area contributed by atoms with Crippen molar-refractivity contribution in [1.82, 2.24) is 4.90 Å². The zero-order chi connectivity index (χ0) is 13.2. The molecule has 1 saturated heterocycles. The standard InChI is InChI=1S/C16H19NO2/c1-12-5-6-15-14(9-12)13(11-19-15)10-16(18)17-7-3-2-4-8-17/h5-6,9,11H,2-4,7-8,10H2,1H3. The number of amides is 1. The Morgan fingerprint density at radius 3 is 2.84 bits per heavy atom. The van der Waals surface area contributed by atoms with Crippen LogP contribution in [0.4, 0.5) is 0 Å². The van der Waals surface area contributed by atoms with Crippen molar-refractivity contribution >= 4 is 16.9 Å². The molecule has 1 aromatic heterocycles. The van der Waals surface area contributed by atoms with E-state index in [0.29, 0.717) is 6.42 Å². The minimum absolute atomic E-state index is 0.226. The van der Waals surface area contributed by atoms with Crippen LogP contribution in [0.15, 0.2) is 28.9 Å². The van der Waals surface area contributed by atoms with Crippen LogP contribution in [0.25, 0.3) is 11.0 Å². The highest BCUT2D eigenvalue weighted by Gasteiger charge is 2.18. The molecule has 19 heavy (non-hydrogen) atoms. The lowest BCUT2D eigenvalue weighted by Gasteiger charge is -2.26. The number of aryl methyl sites for hydroxylation is 1. The summed E-state index contributed by atoms with van der Waals surface area (Å²) in [5, 5.41) is 1.07. The molecule has 2 heterocycles. The summed E-state index contributed by atoms with van der Waals surface area (Å²) in [6, 6.07) is 6.10. The first-order valence-electron chi connectivity index (χ1n) is 6.98. The molecule has 0 bridgehead atoms. The Morgan fingerprint density at radius 2 is 2.05 bits per heavy atom. The van der Waals surface area contributed by atoms with Gasteiger partial charge in [-0.25, -0.2) is 0 Å². The summed E-state index contributed by atoms with van der Waals surface area (Å²) in [6.07, 6.45) is 5.70. The summed E-state index contributed by atoms with van der Waals surface area (Å²) in [6.45, 7) is 3.88. The molecule has 3 nitrogen and oxygen atoms in total. The second-order valence-electron chi connectivity index (χ2n) is 5.38. The summed E-state index contributed by atoms with van der Waals surface area (Å²) in [4.78, 5) is 14.3. The quantitative estimate of drug-likeness (QED) is 0.827. The molecule has 0 atom stereocenters. The molecule has 1 fully saturated rings. The first-order chi connectivity index (χ1) is 9.24. The summed E-state index contributed by atoms with van der Waals surface area (Å²) >= 11 is 0. The maximum absolute atomic E-state index is 12.3. The van der Waals surface area contributed by atoms with Crippen LogP contribution >= 0.6 is 0 Å². The minimum Gasteiger partial charge on any atom is -0.464 e. The number of carbonyl (C=O) groups is 1. The van der Waals surface area contributed by atoms with E-state index in [-0.39, 0.29) is 5.91 Å². The maximum Gasteiger partial charge on any atom is 0.227 e. The van der Waals surface area contributed by atoms with Gasteiger partial charge in [-0.1, -0.05) is 11.6 Å². The maximum atomic E-state index is 12.3. The molecule has 1 amide bonds. The minimum atomic E-state index is 0.226. The van der Waals surface area contributed by atoms with Crippen molar-refractivity contribution in [3.8, 4) is 0 Å². The highest BCUT2D eigenvalue weighted by molar-refractivity contribution is 5.88. The molecule has 0 unspecified atom stereocenters. The third kappa shape index (κ3) is 2.50. The van der Waals surface area contributed by atoms with Crippen molar-refractivity contribution in [1.29, 1.82) is 0 Å². The van der Waals surface area contributed by atoms with Gasteiger partial charge < -0.3 is 9.32 Å². The van der Waals surface area contributed by atoms with Gasteiger partial charge in [0.05, 0.1) is 12.7 Å². The normalized spacial score (nSPS) is 15.9. The van der Waals surface area contributed by atoms with E-state index in [2.05, 4.69) is 13.0 Å². The third-order valence-electron chi connectivity index (χ3n) is 3.86. The SMILES string of the molecule is Cc1ccc2occ(CC(=O)N3CCCCC3)c2c1. The van der Waals surface area contributed by atoms with E-state index in [9.17, 15) is 4.79 Å². The lowest BCUT2D eigenvalue weighted by molar-refractivity contribution is -0.131. The Morgan fingerprint density at radius 1 is 1.26 bits per heavy atom. The van der Waals surface area contributed by atoms with Crippen molar-refractivity contribution in [2.45, 2.75) is 32.6 Å². The smallest absolute Gasteiger partial charge is 0.227 e. The van der Waals surface area contributed by atoms with Crippen LogP contribution in [-0.4, -0.2) is 23.9 Å². The number of rotatable bonds is 2. The second kappa shape index (κ2) is 5.08. The highest BCUT2D eigenvalue weighted by atomic mass is 16.3. The fourth-order valence-electron chi connectivity index (χ4n) is 2.75. The molecule has 1 aliphatic rings. The average Bonchev–Trinajstić information content (AvgIpc) is 2.82. The van der Waals surface area contributed by atoms with Gasteiger partial charge in [-0.2, -0.15) is 0 Å². The van der Waals surface area contributed by atoms with Crippen molar-refractivity contribution in [3.63, 3.8) is 0 Å². The van der Waals surface area contributed by atoms with Crippen LogP contribution in [0, 0.1) is 6.92 Å². The lowest BCUT2D eigenvalue weighted by atomic mass is 10.1. The highest BCUT2D eigenvalue weighted by Crippen LogP contribution is 2.23. The summed E-state index contributed by atoms with van der Waals surface area (Å²) in [7, 11) is 0. The van der Waals surface area contributed by atoms with Crippen LogP contribution in [-0.2, 0) is 11.2 Å². The van der Waals surface area contributed by atoms with Gasteiger partial charge in [0.1, 0.15) is 5.58 Å². The Balaban J connectivity index is 1.80. The molecular weight excluding hydrogens is 238 g/mol. The predicted octanol–water partition coefficient (Wildman–Crippen LogP) is 3.30. The number of benzene rings is 1. The van der Waals surface area contributed by atoms with Crippen LogP contribution in [0.2, 0.25) is 0 Å². The fourth-order valence-corrected chi connectivity index (χ4v) is 2.75. The molecule has 3 heteroatoms. The van der Waals surface area contributed by atoms with E-state index in [1.54, 1.807) is 6.26 Å². The molecule has 0 spiro atoms. The van der Waals surface area contributed by atoms with Gasteiger partial charge in [0.2, 0.25) is 5.91 Å². The first kappa shape index (κ1) is 12.3. The van der Waals surface area contributed by atoms with Gasteiger partial charge in [-0.05, 0) is 38.3 Å². The van der Waals surface area contributed by atoms with Gasteiger partial charge in [0.25, 0.3) is 0 Å². The summed E-state index contributed by atoms with van der Waals surface area (Å²) in [5.74, 6) is 0.226. The average molecular weight is 257 g/mol. The van der Waals surface area contributed by atoms with Gasteiger partial charge in [0, 0.05) is 24.0 Å². The molecule has 1 aliphatic heterocycles. The van der Waals surface area contributed by atoms with Gasteiger partial charge in [-0.3, -0.25) is 4.79 Å². The molecule has 0 aliphatic carbocycles. The molecule has 100 valence electrons. The number of hydrogen-bond donors (Lipinski definition) is 0. The zero-order valence-corrected chi connectivity index (χ0v) is 11.3.